The molecule has 8 nitrogen and oxygen atoms in total. The lowest BCUT2D eigenvalue weighted by atomic mass is 10.3. The van der Waals surface area contributed by atoms with E-state index in [0.717, 1.165) is 21.7 Å². The number of amides is 1. The summed E-state index contributed by atoms with van der Waals surface area (Å²) in [7, 11) is 1.61. The molecule has 0 spiro atoms. The van der Waals surface area contributed by atoms with E-state index in [9.17, 15) is 4.79 Å². The number of nitrogens with zero attached hydrogens (tertiary/aromatic N) is 5. The monoisotopic (exact) mass is 412 g/mol. The summed E-state index contributed by atoms with van der Waals surface area (Å²) < 4.78 is 7.79. The van der Waals surface area contributed by atoms with Crippen LogP contribution >= 0.6 is 23.1 Å². The molecular formula is C18H16N6O2S2. The van der Waals surface area contributed by atoms with Crippen LogP contribution in [0.4, 0.5) is 5.13 Å². The minimum atomic E-state index is -0.407. The van der Waals surface area contributed by atoms with Gasteiger partial charge in [0.15, 0.2) is 5.13 Å². The van der Waals surface area contributed by atoms with Crippen molar-refractivity contribution in [2.75, 3.05) is 12.4 Å². The molecule has 0 fully saturated rings. The summed E-state index contributed by atoms with van der Waals surface area (Å²) in [5.41, 5.74) is 1.65. The Labute approximate surface area is 168 Å². The molecular weight excluding hydrogens is 396 g/mol. The molecule has 0 aliphatic carbocycles. The molecule has 10 heteroatoms. The molecule has 1 unspecified atom stereocenters. The Kier molecular flexibility index (Phi) is 5.22. The maximum Gasteiger partial charge on any atom is 0.239 e. The molecule has 0 aliphatic rings. The maximum atomic E-state index is 12.6. The van der Waals surface area contributed by atoms with Gasteiger partial charge < -0.3 is 10.1 Å². The number of fused-ring (bicyclic) bond motifs is 1. The van der Waals surface area contributed by atoms with Gasteiger partial charge in [-0.15, -0.1) is 5.10 Å². The molecule has 0 saturated carbocycles. The van der Waals surface area contributed by atoms with Crippen LogP contribution < -0.4 is 10.1 Å². The first-order chi connectivity index (χ1) is 13.6. The number of hydrogen-bond donors (Lipinski definition) is 1. The predicted octanol–water partition coefficient (Wildman–Crippen LogP) is 3.40. The van der Waals surface area contributed by atoms with E-state index in [1.54, 1.807) is 18.7 Å². The number of carbonyl (C=O) groups is 1. The average Bonchev–Trinajstić information content (AvgIpc) is 3.34. The summed E-state index contributed by atoms with van der Waals surface area (Å²) >= 11 is 2.72. The number of thioether (sulfide) groups is 1. The third-order valence-electron chi connectivity index (χ3n) is 3.93. The zero-order valence-corrected chi connectivity index (χ0v) is 16.7. The lowest BCUT2D eigenvalue weighted by Crippen LogP contribution is -2.22. The molecule has 2 aromatic carbocycles. The molecule has 2 heterocycles. The number of benzene rings is 2. The van der Waals surface area contributed by atoms with Crippen molar-refractivity contribution in [1.82, 2.24) is 25.2 Å². The Morgan fingerprint density at radius 1 is 1.21 bits per heavy atom. The van der Waals surface area contributed by atoms with Crippen LogP contribution in [-0.4, -0.2) is 43.5 Å². The van der Waals surface area contributed by atoms with Gasteiger partial charge in [-0.1, -0.05) is 35.2 Å². The van der Waals surface area contributed by atoms with Crippen LogP contribution in [0.5, 0.6) is 5.75 Å². The zero-order valence-electron chi connectivity index (χ0n) is 15.1. The summed E-state index contributed by atoms with van der Waals surface area (Å²) in [5, 5.41) is 15.4. The molecule has 2 aromatic heterocycles. The minimum Gasteiger partial charge on any atom is -0.497 e. The highest BCUT2D eigenvalue weighted by atomic mass is 32.2. The first kappa shape index (κ1) is 18.4. The van der Waals surface area contributed by atoms with Gasteiger partial charge in [-0.3, -0.25) is 4.79 Å². The molecule has 28 heavy (non-hydrogen) atoms. The van der Waals surface area contributed by atoms with E-state index in [1.807, 2.05) is 48.5 Å². The SMILES string of the molecule is COc1ccc(-n2nnnc2SC(C)C(=O)Nc2nc3ccccc3s2)cc1. The second-order valence-corrected chi connectivity index (χ2v) is 8.15. The van der Waals surface area contributed by atoms with Crippen LogP contribution in [0.1, 0.15) is 6.92 Å². The highest BCUT2D eigenvalue weighted by Crippen LogP contribution is 2.28. The van der Waals surface area contributed by atoms with Crippen molar-refractivity contribution >= 4 is 44.4 Å². The lowest BCUT2D eigenvalue weighted by Gasteiger charge is -2.10. The normalized spacial score (nSPS) is 12.1. The number of ether oxygens (including phenoxy) is 1. The van der Waals surface area contributed by atoms with Crippen LogP contribution in [0.2, 0.25) is 0 Å². The summed E-state index contributed by atoms with van der Waals surface area (Å²) in [4.78, 5) is 17.0. The topological polar surface area (TPSA) is 94.8 Å². The Balaban J connectivity index is 1.46. The smallest absolute Gasteiger partial charge is 0.239 e. The van der Waals surface area contributed by atoms with Crippen molar-refractivity contribution in [2.45, 2.75) is 17.3 Å². The second-order valence-electron chi connectivity index (χ2n) is 5.81. The fraction of sp³-hybridized carbons (Fsp3) is 0.167. The standard InChI is InChI=1S/C18H16N6O2S2/c1-11(16(25)20-17-19-14-5-3-4-6-15(14)28-17)27-18-21-22-23-24(18)12-7-9-13(26-2)10-8-12/h3-11H,1-2H3,(H,19,20,25). The molecule has 1 N–H and O–H groups in total. The van der Waals surface area contributed by atoms with Gasteiger partial charge in [-0.25, -0.2) is 4.98 Å². The number of methoxy groups -OCH3 is 1. The number of anilines is 1. The molecule has 0 radical (unpaired) electrons. The fourth-order valence-electron chi connectivity index (χ4n) is 2.48. The third kappa shape index (κ3) is 3.82. The Morgan fingerprint density at radius 3 is 2.75 bits per heavy atom. The first-order valence-corrected chi connectivity index (χ1v) is 10.1. The summed E-state index contributed by atoms with van der Waals surface area (Å²) in [6.07, 6.45) is 0. The van der Waals surface area contributed by atoms with Crippen molar-refractivity contribution in [3.8, 4) is 11.4 Å². The number of hydrogen-bond acceptors (Lipinski definition) is 8. The van der Waals surface area contributed by atoms with E-state index in [2.05, 4.69) is 25.8 Å². The Bertz CT molecular complexity index is 1080. The Morgan fingerprint density at radius 2 is 2.00 bits per heavy atom. The van der Waals surface area contributed by atoms with Crippen molar-refractivity contribution in [2.24, 2.45) is 0 Å². The highest BCUT2D eigenvalue weighted by Gasteiger charge is 2.20. The Hall–Kier alpha value is -2.98. The van der Waals surface area contributed by atoms with Gasteiger partial charge in [0.1, 0.15) is 5.75 Å². The zero-order chi connectivity index (χ0) is 19.5. The number of tetrazole rings is 1. The van der Waals surface area contributed by atoms with Crippen LogP contribution in [0.25, 0.3) is 15.9 Å². The van der Waals surface area contributed by atoms with E-state index in [-0.39, 0.29) is 5.91 Å². The van der Waals surface area contributed by atoms with Gasteiger partial charge in [-0.2, -0.15) is 4.68 Å². The quantitative estimate of drug-likeness (QED) is 0.485. The molecule has 1 atom stereocenters. The van der Waals surface area contributed by atoms with E-state index >= 15 is 0 Å². The second kappa shape index (κ2) is 7.95. The molecule has 0 saturated heterocycles. The van der Waals surface area contributed by atoms with Gasteiger partial charge in [0.05, 0.1) is 28.3 Å². The van der Waals surface area contributed by atoms with Crippen molar-refractivity contribution < 1.29 is 9.53 Å². The summed E-state index contributed by atoms with van der Waals surface area (Å²) in [6.45, 7) is 1.81. The number of carbonyl (C=O) groups excluding carboxylic acids is 1. The van der Waals surface area contributed by atoms with Gasteiger partial charge in [-0.05, 0) is 53.7 Å². The lowest BCUT2D eigenvalue weighted by molar-refractivity contribution is -0.115. The highest BCUT2D eigenvalue weighted by molar-refractivity contribution is 8.00. The van der Waals surface area contributed by atoms with Gasteiger partial charge in [0.25, 0.3) is 0 Å². The molecule has 0 bridgehead atoms. The predicted molar refractivity (Wildman–Crippen MR) is 109 cm³/mol. The van der Waals surface area contributed by atoms with Crippen molar-refractivity contribution in [3.63, 3.8) is 0 Å². The first-order valence-electron chi connectivity index (χ1n) is 8.40. The molecule has 1 amide bonds. The number of nitrogens with one attached hydrogen (secondary N) is 1. The van der Waals surface area contributed by atoms with Crippen LogP contribution in [-0.2, 0) is 4.79 Å². The van der Waals surface area contributed by atoms with Gasteiger partial charge >= 0.3 is 0 Å². The van der Waals surface area contributed by atoms with E-state index < -0.39 is 5.25 Å². The number of para-hydroxylation sites is 1. The minimum absolute atomic E-state index is 0.159. The molecule has 0 aliphatic heterocycles. The fourth-order valence-corrected chi connectivity index (χ4v) is 4.16. The van der Waals surface area contributed by atoms with E-state index in [0.29, 0.717) is 10.3 Å². The third-order valence-corrected chi connectivity index (χ3v) is 5.92. The van der Waals surface area contributed by atoms with E-state index in [1.165, 1.54) is 23.1 Å². The number of rotatable bonds is 6. The largest absolute Gasteiger partial charge is 0.497 e. The number of aromatic nitrogens is 5. The van der Waals surface area contributed by atoms with Crippen LogP contribution in [0.15, 0.2) is 53.7 Å². The maximum absolute atomic E-state index is 12.6. The average molecular weight is 413 g/mol. The summed E-state index contributed by atoms with van der Waals surface area (Å²) in [6, 6.07) is 15.1. The molecule has 4 aromatic rings. The van der Waals surface area contributed by atoms with Crippen LogP contribution in [0.3, 0.4) is 0 Å². The molecule has 142 valence electrons. The van der Waals surface area contributed by atoms with Crippen molar-refractivity contribution in [3.05, 3.63) is 48.5 Å². The summed E-state index contributed by atoms with van der Waals surface area (Å²) in [5.74, 6) is 0.586. The number of thiazole rings is 1. The van der Waals surface area contributed by atoms with Crippen molar-refractivity contribution in [1.29, 1.82) is 0 Å². The molecule has 4 rings (SSSR count). The van der Waals surface area contributed by atoms with Gasteiger partial charge in [0, 0.05) is 0 Å². The van der Waals surface area contributed by atoms with Gasteiger partial charge in [0.2, 0.25) is 11.1 Å². The van der Waals surface area contributed by atoms with E-state index in [4.69, 9.17) is 4.74 Å². The van der Waals surface area contributed by atoms with Crippen LogP contribution in [0, 0.1) is 0 Å².